The molecule has 19 heavy (non-hydrogen) atoms. The number of amides is 2. The van der Waals surface area contributed by atoms with Crippen LogP contribution >= 0.6 is 12.4 Å². The Hall–Kier alpha value is -1.66. The molecule has 0 bridgehead atoms. The van der Waals surface area contributed by atoms with Gasteiger partial charge in [0.1, 0.15) is 5.82 Å². The molecule has 0 fully saturated rings. The van der Waals surface area contributed by atoms with Crippen molar-refractivity contribution in [3.63, 3.8) is 0 Å². The van der Waals surface area contributed by atoms with Crippen LogP contribution in [-0.2, 0) is 16.1 Å². The average Bonchev–Trinajstić information content (AvgIpc) is 2.30. The first-order valence-electron chi connectivity index (χ1n) is 5.43. The molecule has 0 aliphatic heterocycles. The molecule has 2 amide bonds. The van der Waals surface area contributed by atoms with Crippen molar-refractivity contribution in [3.8, 4) is 0 Å². The summed E-state index contributed by atoms with van der Waals surface area (Å²) < 4.78 is 12.7. The quantitative estimate of drug-likeness (QED) is 0.823. The molecular formula is C12H17ClFN3O2. The normalized spacial score (nSPS) is 11.3. The Morgan fingerprint density at radius 2 is 1.84 bits per heavy atom. The van der Waals surface area contributed by atoms with Crippen LogP contribution in [0.3, 0.4) is 0 Å². The summed E-state index contributed by atoms with van der Waals surface area (Å²) in [5, 5.41) is 0. The number of benzene rings is 1. The molecule has 7 heteroatoms. The van der Waals surface area contributed by atoms with Gasteiger partial charge in [-0.1, -0.05) is 12.1 Å². The largest absolute Gasteiger partial charge is 0.370 e. The van der Waals surface area contributed by atoms with Gasteiger partial charge in [0.05, 0.1) is 12.5 Å². The number of hydrogen-bond donors (Lipinski definition) is 2. The van der Waals surface area contributed by atoms with Crippen LogP contribution in [0.5, 0.6) is 0 Å². The van der Waals surface area contributed by atoms with Gasteiger partial charge in [0.25, 0.3) is 0 Å². The van der Waals surface area contributed by atoms with Crippen LogP contribution in [0.4, 0.5) is 4.39 Å². The van der Waals surface area contributed by atoms with Gasteiger partial charge < -0.3 is 16.4 Å². The zero-order chi connectivity index (χ0) is 13.7. The lowest BCUT2D eigenvalue weighted by molar-refractivity contribution is -0.133. The zero-order valence-corrected chi connectivity index (χ0v) is 11.3. The highest BCUT2D eigenvalue weighted by molar-refractivity contribution is 5.87. The van der Waals surface area contributed by atoms with E-state index in [0.717, 1.165) is 5.56 Å². The number of primary amides is 1. The molecule has 0 spiro atoms. The van der Waals surface area contributed by atoms with Gasteiger partial charge in [-0.2, -0.15) is 0 Å². The summed E-state index contributed by atoms with van der Waals surface area (Å²) in [7, 11) is 1.56. The molecule has 0 aromatic heterocycles. The topological polar surface area (TPSA) is 89.4 Å². The van der Waals surface area contributed by atoms with Gasteiger partial charge in [-0.25, -0.2) is 4.39 Å². The van der Waals surface area contributed by atoms with Crippen LogP contribution in [0.15, 0.2) is 24.3 Å². The third-order valence-electron chi connectivity index (χ3n) is 2.45. The van der Waals surface area contributed by atoms with Crippen molar-refractivity contribution >= 4 is 24.2 Å². The maximum Gasteiger partial charge on any atom is 0.240 e. The Kier molecular flexibility index (Phi) is 7.03. The maximum absolute atomic E-state index is 12.7. The third kappa shape index (κ3) is 5.67. The second-order valence-electron chi connectivity index (χ2n) is 4.10. The summed E-state index contributed by atoms with van der Waals surface area (Å²) in [6, 6.07) is 4.86. The Morgan fingerprint density at radius 3 is 2.32 bits per heavy atom. The number of nitrogens with two attached hydrogens (primary N) is 2. The summed E-state index contributed by atoms with van der Waals surface area (Å²) >= 11 is 0. The molecule has 0 saturated heterocycles. The third-order valence-corrected chi connectivity index (χ3v) is 2.45. The fourth-order valence-corrected chi connectivity index (χ4v) is 1.53. The minimum atomic E-state index is -0.937. The summed E-state index contributed by atoms with van der Waals surface area (Å²) in [6.07, 6.45) is -0.188. The van der Waals surface area contributed by atoms with Crippen molar-refractivity contribution in [2.45, 2.75) is 19.0 Å². The smallest absolute Gasteiger partial charge is 0.240 e. The van der Waals surface area contributed by atoms with Crippen LogP contribution in [0.2, 0.25) is 0 Å². The number of nitrogens with zero attached hydrogens (tertiary/aromatic N) is 1. The highest BCUT2D eigenvalue weighted by Crippen LogP contribution is 2.06. The lowest BCUT2D eigenvalue weighted by atomic mass is 10.1. The molecule has 1 rings (SSSR count). The van der Waals surface area contributed by atoms with Crippen molar-refractivity contribution < 1.29 is 14.0 Å². The van der Waals surface area contributed by atoms with E-state index in [1.54, 1.807) is 19.2 Å². The lowest BCUT2D eigenvalue weighted by Gasteiger charge is -2.20. The van der Waals surface area contributed by atoms with Gasteiger partial charge in [0, 0.05) is 13.6 Å². The second kappa shape index (κ2) is 7.70. The van der Waals surface area contributed by atoms with E-state index in [1.807, 2.05) is 0 Å². The Labute approximate surface area is 117 Å². The number of hydrogen-bond acceptors (Lipinski definition) is 3. The molecule has 0 aliphatic rings. The molecule has 1 unspecified atom stereocenters. The average molecular weight is 290 g/mol. The van der Waals surface area contributed by atoms with Crippen molar-refractivity contribution in [1.29, 1.82) is 0 Å². The van der Waals surface area contributed by atoms with Crippen LogP contribution < -0.4 is 11.5 Å². The first-order chi connectivity index (χ1) is 8.40. The van der Waals surface area contributed by atoms with Gasteiger partial charge in [0.15, 0.2) is 0 Å². The van der Waals surface area contributed by atoms with E-state index in [-0.39, 0.29) is 30.6 Å². The van der Waals surface area contributed by atoms with E-state index >= 15 is 0 Å². The lowest BCUT2D eigenvalue weighted by Crippen LogP contribution is -2.43. The van der Waals surface area contributed by atoms with Gasteiger partial charge in [-0.3, -0.25) is 9.59 Å². The second-order valence-corrected chi connectivity index (χ2v) is 4.10. The van der Waals surface area contributed by atoms with E-state index in [4.69, 9.17) is 11.5 Å². The molecule has 106 valence electrons. The molecule has 1 aromatic carbocycles. The van der Waals surface area contributed by atoms with E-state index in [0.29, 0.717) is 6.54 Å². The number of likely N-dealkylation sites (N-methyl/N-ethyl adjacent to an activating group) is 1. The molecule has 4 N–H and O–H groups in total. The van der Waals surface area contributed by atoms with Crippen LogP contribution in [0.1, 0.15) is 12.0 Å². The molecule has 0 radical (unpaired) electrons. The number of carbonyl (C=O) groups excluding carboxylic acids is 2. The number of halogens is 2. The van der Waals surface area contributed by atoms with E-state index in [2.05, 4.69) is 0 Å². The molecule has 0 heterocycles. The fourth-order valence-electron chi connectivity index (χ4n) is 1.53. The highest BCUT2D eigenvalue weighted by atomic mass is 35.5. The molecule has 5 nitrogen and oxygen atoms in total. The van der Waals surface area contributed by atoms with Crippen molar-refractivity contribution in [2.75, 3.05) is 7.05 Å². The maximum atomic E-state index is 12.7. The van der Waals surface area contributed by atoms with Gasteiger partial charge in [-0.05, 0) is 17.7 Å². The minimum absolute atomic E-state index is 0. The fraction of sp³-hybridized carbons (Fsp3) is 0.333. The molecule has 1 atom stereocenters. The highest BCUT2D eigenvalue weighted by Gasteiger charge is 2.19. The van der Waals surface area contributed by atoms with Crippen LogP contribution in [0, 0.1) is 5.82 Å². The van der Waals surface area contributed by atoms with Crippen molar-refractivity contribution in [2.24, 2.45) is 11.5 Å². The SMILES string of the molecule is CN(Cc1ccc(F)cc1)C(=O)C(N)CC(N)=O.Cl. The molecule has 0 saturated carbocycles. The monoisotopic (exact) mass is 289 g/mol. The van der Waals surface area contributed by atoms with Crippen molar-refractivity contribution in [3.05, 3.63) is 35.6 Å². The van der Waals surface area contributed by atoms with Crippen molar-refractivity contribution in [1.82, 2.24) is 4.90 Å². The Bertz CT molecular complexity index is 439. The van der Waals surface area contributed by atoms with E-state index < -0.39 is 11.9 Å². The standard InChI is InChI=1S/C12H16FN3O2.ClH/c1-16(12(18)10(14)6-11(15)17)7-8-2-4-9(13)5-3-8;/h2-5,10H,6-7,14H2,1H3,(H2,15,17);1H. The summed E-state index contributed by atoms with van der Waals surface area (Å²) in [5.41, 5.74) is 11.3. The van der Waals surface area contributed by atoms with Gasteiger partial charge in [0.2, 0.25) is 11.8 Å². The Morgan fingerprint density at radius 1 is 1.32 bits per heavy atom. The molecule has 0 aliphatic carbocycles. The minimum Gasteiger partial charge on any atom is -0.370 e. The first kappa shape index (κ1) is 17.3. The summed E-state index contributed by atoms with van der Waals surface area (Å²) in [4.78, 5) is 23.8. The molecule has 1 aromatic rings. The van der Waals surface area contributed by atoms with Crippen LogP contribution in [-0.4, -0.2) is 29.8 Å². The van der Waals surface area contributed by atoms with E-state index in [1.165, 1.54) is 17.0 Å². The predicted molar refractivity (Wildman–Crippen MR) is 71.9 cm³/mol. The molecular weight excluding hydrogens is 273 g/mol. The summed E-state index contributed by atoms with van der Waals surface area (Å²) in [5.74, 6) is -1.33. The number of rotatable bonds is 5. The van der Waals surface area contributed by atoms with Gasteiger partial charge >= 0.3 is 0 Å². The number of carbonyl (C=O) groups is 2. The summed E-state index contributed by atoms with van der Waals surface area (Å²) in [6.45, 7) is 0.297. The van der Waals surface area contributed by atoms with Crippen LogP contribution in [0.25, 0.3) is 0 Å². The predicted octanol–water partition coefficient (Wildman–Crippen LogP) is 0.409. The zero-order valence-electron chi connectivity index (χ0n) is 10.5. The first-order valence-corrected chi connectivity index (χ1v) is 5.43. The Balaban J connectivity index is 0.00000324. The van der Waals surface area contributed by atoms with Gasteiger partial charge in [-0.15, -0.1) is 12.4 Å². The van der Waals surface area contributed by atoms with E-state index in [9.17, 15) is 14.0 Å².